The van der Waals surface area contributed by atoms with Crippen molar-refractivity contribution in [3.63, 3.8) is 0 Å². The van der Waals surface area contributed by atoms with Crippen LogP contribution in [0.4, 0.5) is 14.5 Å². The van der Waals surface area contributed by atoms with Crippen molar-refractivity contribution in [3.8, 4) is 11.8 Å². The number of carbonyl (C=O) groups excluding carboxylic acids is 2. The fourth-order valence-corrected chi connectivity index (χ4v) is 4.15. The minimum Gasteiger partial charge on any atom is -0.490 e. The maximum absolute atomic E-state index is 13.6. The molecule has 1 aromatic heterocycles. The van der Waals surface area contributed by atoms with Crippen molar-refractivity contribution in [2.75, 3.05) is 31.6 Å². The summed E-state index contributed by atoms with van der Waals surface area (Å²) >= 11 is 0. The van der Waals surface area contributed by atoms with E-state index in [-0.39, 0.29) is 18.6 Å². The fourth-order valence-electron chi connectivity index (χ4n) is 4.15. The van der Waals surface area contributed by atoms with Gasteiger partial charge in [-0.25, -0.2) is 8.78 Å². The minimum atomic E-state index is -3.08. The number of nitriles is 1. The van der Waals surface area contributed by atoms with E-state index < -0.39 is 30.8 Å². The molecule has 0 unspecified atom stereocenters. The molecular formula is C25H24F2N4O3. The lowest BCUT2D eigenvalue weighted by atomic mass is 10.0. The number of anilines is 1. The number of pyridine rings is 1. The van der Waals surface area contributed by atoms with E-state index in [1.807, 2.05) is 31.3 Å². The number of halogens is 2. The average molecular weight is 466 g/mol. The molecule has 0 saturated carbocycles. The average Bonchev–Trinajstić information content (AvgIpc) is 3.16. The predicted molar refractivity (Wildman–Crippen MR) is 123 cm³/mol. The molecule has 2 aliphatic rings. The van der Waals surface area contributed by atoms with E-state index in [2.05, 4.69) is 9.88 Å². The predicted octanol–water partition coefficient (Wildman–Crippen LogP) is 3.80. The van der Waals surface area contributed by atoms with Crippen molar-refractivity contribution >= 4 is 29.5 Å². The lowest BCUT2D eigenvalue weighted by molar-refractivity contribution is -0.132. The highest BCUT2D eigenvalue weighted by molar-refractivity contribution is 6.01. The molecule has 1 fully saturated rings. The SMILES string of the molecule is CN1CCOc2cc(/C=C/c3cnccc3C(=O)CCC(=O)N3CC(F)(F)C[C@H]3C#N)ccc21. The molecule has 0 N–H and O–H groups in total. The molecule has 4 rings (SSSR count). The van der Waals surface area contributed by atoms with Gasteiger partial charge in [0.25, 0.3) is 5.92 Å². The molecule has 2 aromatic rings. The Kier molecular flexibility index (Phi) is 6.59. The number of likely N-dealkylation sites (tertiary alicyclic amines) is 1. The number of ether oxygens (including phenoxy) is 1. The molecule has 9 heteroatoms. The molecule has 0 radical (unpaired) electrons. The van der Waals surface area contributed by atoms with E-state index >= 15 is 0 Å². The Hall–Kier alpha value is -3.80. The number of ketones is 1. The van der Waals surface area contributed by atoms with Gasteiger partial charge in [0.2, 0.25) is 5.91 Å². The van der Waals surface area contributed by atoms with E-state index in [0.717, 1.165) is 28.4 Å². The Morgan fingerprint density at radius 3 is 2.91 bits per heavy atom. The lowest BCUT2D eigenvalue weighted by Crippen LogP contribution is -2.36. The van der Waals surface area contributed by atoms with Gasteiger partial charge in [-0.1, -0.05) is 18.2 Å². The molecule has 1 atom stereocenters. The standard InChI is InChI=1S/C25H24F2N4O3/c1-30-10-11-34-23-12-17(3-5-21(23)30)2-4-18-15-29-9-8-20(18)22(32)6-7-24(33)31-16-25(26,27)13-19(31)14-28/h2-5,8-9,12,15,19H,6-7,10-11,13,16H2,1H3/b4-2+/t19-/m0/s1. The Morgan fingerprint density at radius 2 is 2.12 bits per heavy atom. The van der Waals surface area contributed by atoms with Crippen LogP contribution in [-0.2, 0) is 4.79 Å². The molecule has 1 saturated heterocycles. The fraction of sp³-hybridized carbons (Fsp3) is 0.360. The van der Waals surface area contributed by atoms with Crippen LogP contribution in [0.25, 0.3) is 12.2 Å². The van der Waals surface area contributed by atoms with Crippen LogP contribution in [0.1, 0.15) is 40.7 Å². The first-order valence-electron chi connectivity index (χ1n) is 11.0. The summed E-state index contributed by atoms with van der Waals surface area (Å²) in [5.74, 6) is -3.21. The summed E-state index contributed by atoms with van der Waals surface area (Å²) in [6.07, 6.45) is 5.59. The monoisotopic (exact) mass is 466 g/mol. The van der Waals surface area contributed by atoms with Gasteiger partial charge in [-0.3, -0.25) is 14.6 Å². The normalized spacial score (nSPS) is 18.9. The first kappa shape index (κ1) is 23.4. The van der Waals surface area contributed by atoms with E-state index in [4.69, 9.17) is 10.00 Å². The summed E-state index contributed by atoms with van der Waals surface area (Å²) in [5, 5.41) is 9.07. The number of hydrogen-bond acceptors (Lipinski definition) is 6. The van der Waals surface area contributed by atoms with Gasteiger partial charge in [0.15, 0.2) is 5.78 Å². The summed E-state index contributed by atoms with van der Waals surface area (Å²) in [5.41, 5.74) is 2.87. The zero-order chi connectivity index (χ0) is 24.3. The van der Waals surface area contributed by atoms with Gasteiger partial charge in [-0.05, 0) is 23.8 Å². The summed E-state index contributed by atoms with van der Waals surface area (Å²) < 4.78 is 32.9. The number of nitrogens with zero attached hydrogens (tertiary/aromatic N) is 4. The highest BCUT2D eigenvalue weighted by Crippen LogP contribution is 2.33. The lowest BCUT2D eigenvalue weighted by Gasteiger charge is -2.27. The molecule has 34 heavy (non-hydrogen) atoms. The van der Waals surface area contributed by atoms with Gasteiger partial charge in [0.1, 0.15) is 18.4 Å². The van der Waals surface area contributed by atoms with E-state index in [0.29, 0.717) is 17.7 Å². The van der Waals surface area contributed by atoms with Gasteiger partial charge in [0.05, 0.1) is 24.8 Å². The van der Waals surface area contributed by atoms with Crippen molar-refractivity contribution in [1.29, 1.82) is 5.26 Å². The molecular weight excluding hydrogens is 442 g/mol. The maximum Gasteiger partial charge on any atom is 0.268 e. The summed E-state index contributed by atoms with van der Waals surface area (Å²) in [6, 6.07) is 8.00. The molecule has 3 heterocycles. The number of rotatable bonds is 6. The molecule has 1 aromatic carbocycles. The topological polar surface area (TPSA) is 86.5 Å². The third kappa shape index (κ3) is 5.06. The van der Waals surface area contributed by atoms with E-state index in [9.17, 15) is 18.4 Å². The van der Waals surface area contributed by atoms with Gasteiger partial charge in [-0.15, -0.1) is 0 Å². The van der Waals surface area contributed by atoms with Crippen LogP contribution < -0.4 is 9.64 Å². The van der Waals surface area contributed by atoms with Crippen molar-refractivity contribution in [1.82, 2.24) is 9.88 Å². The highest BCUT2D eigenvalue weighted by atomic mass is 19.3. The Balaban J connectivity index is 1.44. The molecule has 176 valence electrons. The second kappa shape index (κ2) is 9.59. The highest BCUT2D eigenvalue weighted by Gasteiger charge is 2.47. The number of likely N-dealkylation sites (N-methyl/N-ethyl adjacent to an activating group) is 1. The van der Waals surface area contributed by atoms with E-state index in [1.165, 1.54) is 6.20 Å². The van der Waals surface area contributed by atoms with Crippen LogP contribution in [0.3, 0.4) is 0 Å². The first-order chi connectivity index (χ1) is 16.3. The van der Waals surface area contributed by atoms with Crippen LogP contribution >= 0.6 is 0 Å². The van der Waals surface area contributed by atoms with Crippen LogP contribution in [-0.4, -0.2) is 60.3 Å². The van der Waals surface area contributed by atoms with Gasteiger partial charge in [0, 0.05) is 49.8 Å². The smallest absolute Gasteiger partial charge is 0.268 e. The number of fused-ring (bicyclic) bond motifs is 1. The van der Waals surface area contributed by atoms with Crippen molar-refractivity contribution in [2.45, 2.75) is 31.2 Å². The van der Waals surface area contributed by atoms with Gasteiger partial charge >= 0.3 is 0 Å². The molecule has 1 amide bonds. The van der Waals surface area contributed by atoms with Crippen LogP contribution in [0.5, 0.6) is 5.75 Å². The number of hydrogen-bond donors (Lipinski definition) is 0. The Bertz CT molecular complexity index is 1170. The minimum absolute atomic E-state index is 0.150. The number of alkyl halides is 2. The number of Topliss-reactive ketones (excluding diaryl/α,β-unsaturated/α-hetero) is 1. The number of benzene rings is 1. The molecule has 0 bridgehead atoms. The quantitative estimate of drug-likeness (QED) is 0.602. The van der Waals surface area contributed by atoms with Gasteiger partial charge < -0.3 is 14.5 Å². The summed E-state index contributed by atoms with van der Waals surface area (Å²) in [6.45, 7) is 0.645. The third-order valence-corrected chi connectivity index (χ3v) is 5.99. The van der Waals surface area contributed by atoms with Crippen LogP contribution in [0.15, 0.2) is 36.7 Å². The second-order valence-corrected chi connectivity index (χ2v) is 8.44. The number of amides is 1. The van der Waals surface area contributed by atoms with Crippen molar-refractivity contribution < 1.29 is 23.1 Å². The zero-order valence-corrected chi connectivity index (χ0v) is 18.7. The second-order valence-electron chi connectivity index (χ2n) is 8.44. The summed E-state index contributed by atoms with van der Waals surface area (Å²) in [4.78, 5) is 32.3. The molecule has 0 aliphatic carbocycles. The van der Waals surface area contributed by atoms with Crippen molar-refractivity contribution in [2.24, 2.45) is 0 Å². The number of carbonyl (C=O) groups is 2. The van der Waals surface area contributed by atoms with Crippen LogP contribution in [0, 0.1) is 11.3 Å². The third-order valence-electron chi connectivity index (χ3n) is 5.99. The van der Waals surface area contributed by atoms with E-state index in [1.54, 1.807) is 24.4 Å². The summed E-state index contributed by atoms with van der Waals surface area (Å²) in [7, 11) is 2.00. The van der Waals surface area contributed by atoms with Crippen LogP contribution in [0.2, 0.25) is 0 Å². The molecule has 2 aliphatic heterocycles. The zero-order valence-electron chi connectivity index (χ0n) is 18.7. The Labute approximate surface area is 196 Å². The number of aromatic nitrogens is 1. The largest absolute Gasteiger partial charge is 0.490 e. The first-order valence-corrected chi connectivity index (χ1v) is 11.0. The Morgan fingerprint density at radius 1 is 1.29 bits per heavy atom. The van der Waals surface area contributed by atoms with Gasteiger partial charge in [-0.2, -0.15) is 5.26 Å². The molecule has 0 spiro atoms. The maximum atomic E-state index is 13.6. The van der Waals surface area contributed by atoms with Crippen molar-refractivity contribution in [3.05, 3.63) is 53.3 Å². The molecule has 7 nitrogen and oxygen atoms in total.